The van der Waals surface area contributed by atoms with Crippen LogP contribution in [0.4, 0.5) is 0 Å². The number of primary sulfonamides is 1. The van der Waals surface area contributed by atoms with Crippen LogP contribution in [0.3, 0.4) is 0 Å². The summed E-state index contributed by atoms with van der Waals surface area (Å²) >= 11 is 1.52. The summed E-state index contributed by atoms with van der Waals surface area (Å²) in [7, 11) is -3.78. The van der Waals surface area contributed by atoms with Gasteiger partial charge in [0.2, 0.25) is 10.0 Å². The van der Waals surface area contributed by atoms with Crippen molar-refractivity contribution in [2.45, 2.75) is 31.1 Å². The molecule has 0 aliphatic heterocycles. The van der Waals surface area contributed by atoms with Crippen LogP contribution in [0.1, 0.15) is 26.3 Å². The van der Waals surface area contributed by atoms with E-state index in [9.17, 15) is 13.2 Å². The predicted octanol–water partition coefficient (Wildman–Crippen LogP) is 5.54. The van der Waals surface area contributed by atoms with Gasteiger partial charge in [-0.05, 0) is 46.4 Å². The summed E-state index contributed by atoms with van der Waals surface area (Å²) < 4.78 is 24.2. The van der Waals surface area contributed by atoms with Crippen molar-refractivity contribution in [3.63, 3.8) is 0 Å². The molecular formula is C25H23NO3S2. The van der Waals surface area contributed by atoms with Gasteiger partial charge in [-0.3, -0.25) is 4.79 Å². The number of hydrogen-bond donors (Lipinski definition) is 1. The van der Waals surface area contributed by atoms with E-state index < -0.39 is 10.0 Å². The van der Waals surface area contributed by atoms with E-state index in [1.54, 1.807) is 12.1 Å². The van der Waals surface area contributed by atoms with Crippen LogP contribution in [0.5, 0.6) is 0 Å². The van der Waals surface area contributed by atoms with Crippen molar-refractivity contribution >= 4 is 31.4 Å². The fraction of sp³-hybridized carbons (Fsp3) is 0.160. The molecule has 0 saturated heterocycles. The van der Waals surface area contributed by atoms with Crippen LogP contribution < -0.4 is 10.6 Å². The van der Waals surface area contributed by atoms with E-state index in [1.807, 2.05) is 36.4 Å². The van der Waals surface area contributed by atoms with Crippen LogP contribution in [0.25, 0.3) is 31.7 Å². The lowest BCUT2D eigenvalue weighted by molar-refractivity contribution is 0.590. The zero-order chi connectivity index (χ0) is 22.4. The van der Waals surface area contributed by atoms with E-state index in [0.29, 0.717) is 10.9 Å². The average Bonchev–Trinajstić information content (AvgIpc) is 2.73. The highest BCUT2D eigenvalue weighted by molar-refractivity contribution is 7.89. The van der Waals surface area contributed by atoms with E-state index in [0.717, 1.165) is 20.7 Å². The highest BCUT2D eigenvalue weighted by Gasteiger charge is 2.18. The smallest absolute Gasteiger partial charge is 0.238 e. The molecule has 1 heterocycles. The van der Waals surface area contributed by atoms with Crippen molar-refractivity contribution in [1.82, 2.24) is 0 Å². The largest absolute Gasteiger partial charge is 0.288 e. The SMILES string of the molecule is CC(C)(C)c1ccc(-c2c(-c3ccc(S(N)(=O)=O)cc3)sc3ccccc3c2=O)cc1. The summed E-state index contributed by atoms with van der Waals surface area (Å²) in [5.74, 6) is 0. The Bertz CT molecular complexity index is 1430. The molecule has 0 aliphatic carbocycles. The van der Waals surface area contributed by atoms with Gasteiger partial charge in [0, 0.05) is 20.5 Å². The molecular weight excluding hydrogens is 426 g/mol. The molecule has 0 atom stereocenters. The van der Waals surface area contributed by atoms with Crippen LogP contribution in [-0.2, 0) is 15.4 Å². The fourth-order valence-corrected chi connectivity index (χ4v) is 5.26. The fourth-order valence-electron chi connectivity index (χ4n) is 3.54. The first kappa shape index (κ1) is 21.4. The Morgan fingerprint density at radius 2 is 1.39 bits per heavy atom. The van der Waals surface area contributed by atoms with Crippen molar-refractivity contribution in [3.05, 3.63) is 88.6 Å². The van der Waals surface area contributed by atoms with Crippen molar-refractivity contribution in [3.8, 4) is 21.6 Å². The molecule has 0 aliphatic rings. The first-order valence-corrected chi connectivity index (χ1v) is 12.2. The van der Waals surface area contributed by atoms with Gasteiger partial charge in [0.1, 0.15) is 0 Å². The van der Waals surface area contributed by atoms with Gasteiger partial charge in [0.25, 0.3) is 0 Å². The quantitative estimate of drug-likeness (QED) is 0.446. The predicted molar refractivity (Wildman–Crippen MR) is 129 cm³/mol. The van der Waals surface area contributed by atoms with Crippen LogP contribution in [0.2, 0.25) is 0 Å². The highest BCUT2D eigenvalue weighted by atomic mass is 32.2. The summed E-state index contributed by atoms with van der Waals surface area (Å²) in [5, 5.41) is 5.91. The topological polar surface area (TPSA) is 77.2 Å². The zero-order valence-corrected chi connectivity index (χ0v) is 19.2. The van der Waals surface area contributed by atoms with E-state index in [1.165, 1.54) is 29.0 Å². The Kier molecular flexibility index (Phi) is 5.33. The van der Waals surface area contributed by atoms with Gasteiger partial charge in [-0.25, -0.2) is 13.6 Å². The molecule has 4 rings (SSSR count). The summed E-state index contributed by atoms with van der Waals surface area (Å²) in [4.78, 5) is 14.4. The third kappa shape index (κ3) is 4.19. The maximum atomic E-state index is 13.5. The normalized spacial score (nSPS) is 12.3. The second kappa shape index (κ2) is 7.71. The Morgan fingerprint density at radius 3 is 1.97 bits per heavy atom. The molecule has 0 bridgehead atoms. The summed E-state index contributed by atoms with van der Waals surface area (Å²) in [5.41, 5.74) is 3.39. The summed E-state index contributed by atoms with van der Waals surface area (Å²) in [6.07, 6.45) is 0. The second-order valence-electron chi connectivity index (χ2n) is 8.53. The molecule has 3 aromatic carbocycles. The molecule has 0 spiro atoms. The van der Waals surface area contributed by atoms with Gasteiger partial charge in [-0.15, -0.1) is 11.3 Å². The van der Waals surface area contributed by atoms with Crippen molar-refractivity contribution in [1.29, 1.82) is 0 Å². The summed E-state index contributed by atoms with van der Waals surface area (Å²) in [6, 6.07) is 22.0. The van der Waals surface area contributed by atoms with Gasteiger partial charge >= 0.3 is 0 Å². The maximum absolute atomic E-state index is 13.5. The van der Waals surface area contributed by atoms with Crippen LogP contribution in [-0.4, -0.2) is 8.42 Å². The number of nitrogens with two attached hydrogens (primary N) is 1. The van der Waals surface area contributed by atoms with E-state index in [2.05, 4.69) is 32.9 Å². The lowest BCUT2D eigenvalue weighted by Crippen LogP contribution is -2.12. The lowest BCUT2D eigenvalue weighted by Gasteiger charge is -2.19. The molecule has 0 fully saturated rings. The third-order valence-corrected chi connectivity index (χ3v) is 7.43. The van der Waals surface area contributed by atoms with Crippen LogP contribution in [0.15, 0.2) is 82.5 Å². The number of benzene rings is 3. The number of hydrogen-bond acceptors (Lipinski definition) is 4. The van der Waals surface area contributed by atoms with Gasteiger partial charge in [0.15, 0.2) is 5.43 Å². The van der Waals surface area contributed by atoms with Crippen molar-refractivity contribution in [2.75, 3.05) is 0 Å². The molecule has 0 saturated carbocycles. The molecule has 0 radical (unpaired) electrons. The number of fused-ring (bicyclic) bond motifs is 1. The van der Waals surface area contributed by atoms with E-state index >= 15 is 0 Å². The van der Waals surface area contributed by atoms with Crippen molar-refractivity contribution < 1.29 is 8.42 Å². The Morgan fingerprint density at radius 1 is 0.806 bits per heavy atom. The molecule has 4 nitrogen and oxygen atoms in total. The van der Waals surface area contributed by atoms with Gasteiger partial charge in [0.05, 0.1) is 4.90 Å². The molecule has 0 amide bonds. The van der Waals surface area contributed by atoms with E-state index in [4.69, 9.17) is 5.14 Å². The minimum absolute atomic E-state index is 0.0111. The maximum Gasteiger partial charge on any atom is 0.238 e. The Labute approximate surface area is 186 Å². The standard InChI is InChI=1S/C25H23NO3S2/c1-25(2,3)18-12-8-16(9-13-18)22-23(27)20-6-4-5-7-21(20)30-24(22)17-10-14-19(15-11-17)31(26,28)29/h4-15H,1-3H3,(H2,26,28,29). The minimum atomic E-state index is -3.78. The second-order valence-corrected chi connectivity index (χ2v) is 11.1. The Balaban J connectivity index is 1.98. The molecule has 158 valence electrons. The third-order valence-electron chi connectivity index (χ3n) is 5.28. The highest BCUT2D eigenvalue weighted by Crippen LogP contribution is 2.37. The lowest BCUT2D eigenvalue weighted by atomic mass is 9.86. The molecule has 2 N–H and O–H groups in total. The van der Waals surface area contributed by atoms with Crippen LogP contribution in [0, 0.1) is 0 Å². The number of sulfonamides is 1. The molecule has 0 unspecified atom stereocenters. The first-order chi connectivity index (χ1) is 14.6. The van der Waals surface area contributed by atoms with Crippen molar-refractivity contribution in [2.24, 2.45) is 5.14 Å². The monoisotopic (exact) mass is 449 g/mol. The summed E-state index contributed by atoms with van der Waals surface area (Å²) in [6.45, 7) is 6.45. The number of rotatable bonds is 3. The van der Waals surface area contributed by atoms with Gasteiger partial charge < -0.3 is 0 Å². The molecule has 6 heteroatoms. The minimum Gasteiger partial charge on any atom is -0.288 e. The van der Waals surface area contributed by atoms with Crippen LogP contribution >= 0.6 is 11.3 Å². The van der Waals surface area contributed by atoms with Gasteiger partial charge in [-0.1, -0.05) is 69.3 Å². The average molecular weight is 450 g/mol. The zero-order valence-electron chi connectivity index (χ0n) is 17.5. The Hall–Kier alpha value is -2.80. The molecule has 31 heavy (non-hydrogen) atoms. The molecule has 1 aromatic heterocycles. The molecule has 4 aromatic rings. The first-order valence-electron chi connectivity index (χ1n) is 9.86. The van der Waals surface area contributed by atoms with Gasteiger partial charge in [-0.2, -0.15) is 0 Å². The van der Waals surface area contributed by atoms with E-state index in [-0.39, 0.29) is 15.7 Å².